The van der Waals surface area contributed by atoms with Crippen molar-refractivity contribution in [2.45, 2.75) is 13.0 Å². The lowest BCUT2D eigenvalue weighted by Gasteiger charge is -2.19. The Labute approximate surface area is 117 Å². The van der Waals surface area contributed by atoms with Gasteiger partial charge >= 0.3 is 0 Å². The summed E-state index contributed by atoms with van der Waals surface area (Å²) >= 11 is 5.68. The maximum atomic E-state index is 13.5. The van der Waals surface area contributed by atoms with Gasteiger partial charge in [-0.25, -0.2) is 4.39 Å². The third kappa shape index (κ3) is 3.46. The highest BCUT2D eigenvalue weighted by Crippen LogP contribution is 2.23. The number of nitrogens with two attached hydrogens (primary N) is 1. The normalized spacial score (nSPS) is 12.2. The molecule has 0 amide bonds. The molecule has 0 radical (unpaired) electrons. The molecule has 0 saturated carbocycles. The van der Waals surface area contributed by atoms with Crippen LogP contribution in [-0.2, 0) is 0 Å². The van der Waals surface area contributed by atoms with Crippen molar-refractivity contribution in [3.05, 3.63) is 64.4 Å². The highest BCUT2D eigenvalue weighted by atomic mass is 35.5. The number of anilines is 1. The topological polar surface area (TPSA) is 38.0 Å². The second-order valence-electron chi connectivity index (χ2n) is 4.48. The van der Waals surface area contributed by atoms with Crippen molar-refractivity contribution in [3.8, 4) is 0 Å². The van der Waals surface area contributed by atoms with E-state index in [0.29, 0.717) is 6.54 Å². The molecule has 0 aromatic heterocycles. The zero-order chi connectivity index (χ0) is 13.8. The lowest BCUT2D eigenvalue weighted by molar-refractivity contribution is 0.623. The van der Waals surface area contributed by atoms with Crippen LogP contribution in [0.1, 0.15) is 17.2 Å². The first-order valence-corrected chi connectivity index (χ1v) is 6.46. The van der Waals surface area contributed by atoms with Crippen LogP contribution >= 0.6 is 11.6 Å². The van der Waals surface area contributed by atoms with Crippen molar-refractivity contribution in [1.82, 2.24) is 0 Å². The molecular weight excluding hydrogens is 263 g/mol. The third-order valence-electron chi connectivity index (χ3n) is 2.94. The summed E-state index contributed by atoms with van der Waals surface area (Å²) in [6.07, 6.45) is 0. The van der Waals surface area contributed by atoms with Gasteiger partial charge < -0.3 is 11.1 Å². The molecule has 0 saturated heterocycles. The van der Waals surface area contributed by atoms with Gasteiger partial charge in [0.05, 0.1) is 11.1 Å². The average molecular weight is 279 g/mol. The van der Waals surface area contributed by atoms with Gasteiger partial charge in [-0.1, -0.05) is 29.8 Å². The Bertz CT molecular complexity index is 572. The van der Waals surface area contributed by atoms with Crippen LogP contribution < -0.4 is 11.1 Å². The van der Waals surface area contributed by atoms with Gasteiger partial charge in [0.25, 0.3) is 0 Å². The molecule has 2 nitrogen and oxygen atoms in total. The zero-order valence-corrected chi connectivity index (χ0v) is 11.4. The third-order valence-corrected chi connectivity index (χ3v) is 3.25. The fraction of sp³-hybridized carbons (Fsp3) is 0.200. The highest BCUT2D eigenvalue weighted by Gasteiger charge is 2.11. The van der Waals surface area contributed by atoms with Gasteiger partial charge in [0.15, 0.2) is 0 Å². The molecule has 2 aromatic carbocycles. The van der Waals surface area contributed by atoms with E-state index in [1.54, 1.807) is 12.1 Å². The quantitative estimate of drug-likeness (QED) is 0.890. The smallest absolute Gasteiger partial charge is 0.142 e. The summed E-state index contributed by atoms with van der Waals surface area (Å²) in [5.74, 6) is -0.427. The summed E-state index contributed by atoms with van der Waals surface area (Å²) in [5.41, 5.74) is 8.66. The Kier molecular flexibility index (Phi) is 4.40. The van der Waals surface area contributed by atoms with Gasteiger partial charge in [0, 0.05) is 12.2 Å². The van der Waals surface area contributed by atoms with E-state index in [0.717, 1.165) is 16.8 Å². The molecule has 1 unspecified atom stereocenters. The molecule has 0 spiro atoms. The SMILES string of the molecule is Cc1cccc(NC(CN)c2ccc(Cl)c(F)c2)c1. The van der Waals surface area contributed by atoms with Gasteiger partial charge in [-0.2, -0.15) is 0 Å². The minimum absolute atomic E-state index is 0.120. The van der Waals surface area contributed by atoms with Crippen LogP contribution in [0, 0.1) is 12.7 Å². The minimum Gasteiger partial charge on any atom is -0.377 e. The molecule has 0 aliphatic rings. The van der Waals surface area contributed by atoms with Crippen molar-refractivity contribution < 1.29 is 4.39 Å². The molecule has 0 aliphatic heterocycles. The molecule has 1 atom stereocenters. The monoisotopic (exact) mass is 278 g/mol. The van der Waals surface area contributed by atoms with E-state index >= 15 is 0 Å². The zero-order valence-electron chi connectivity index (χ0n) is 10.7. The number of nitrogens with one attached hydrogen (secondary N) is 1. The van der Waals surface area contributed by atoms with Crippen LogP contribution in [-0.4, -0.2) is 6.54 Å². The first kappa shape index (κ1) is 13.8. The molecule has 0 heterocycles. The van der Waals surface area contributed by atoms with Gasteiger partial charge in [-0.05, 0) is 42.3 Å². The van der Waals surface area contributed by atoms with Crippen LogP contribution in [0.4, 0.5) is 10.1 Å². The van der Waals surface area contributed by atoms with E-state index in [2.05, 4.69) is 5.32 Å². The Morgan fingerprint density at radius 2 is 2.05 bits per heavy atom. The molecule has 0 bridgehead atoms. The predicted molar refractivity (Wildman–Crippen MR) is 78.0 cm³/mol. The van der Waals surface area contributed by atoms with Gasteiger partial charge in [0.2, 0.25) is 0 Å². The summed E-state index contributed by atoms with van der Waals surface area (Å²) in [5, 5.41) is 3.42. The molecule has 100 valence electrons. The summed E-state index contributed by atoms with van der Waals surface area (Å²) in [4.78, 5) is 0. The Balaban J connectivity index is 2.22. The number of hydrogen-bond donors (Lipinski definition) is 2. The molecule has 4 heteroatoms. The van der Waals surface area contributed by atoms with Crippen LogP contribution in [0.25, 0.3) is 0 Å². The largest absolute Gasteiger partial charge is 0.377 e. The molecule has 2 aromatic rings. The summed E-state index contributed by atoms with van der Waals surface area (Å²) < 4.78 is 13.5. The van der Waals surface area contributed by atoms with Crippen LogP contribution in [0.15, 0.2) is 42.5 Å². The molecule has 2 rings (SSSR count). The van der Waals surface area contributed by atoms with Crippen molar-refractivity contribution in [2.24, 2.45) is 5.73 Å². The maximum Gasteiger partial charge on any atom is 0.142 e. The summed E-state index contributed by atoms with van der Waals surface area (Å²) in [6, 6.07) is 12.6. The van der Waals surface area contributed by atoms with Crippen molar-refractivity contribution in [2.75, 3.05) is 11.9 Å². The number of hydrogen-bond acceptors (Lipinski definition) is 2. The highest BCUT2D eigenvalue weighted by molar-refractivity contribution is 6.30. The summed E-state index contributed by atoms with van der Waals surface area (Å²) in [7, 11) is 0. The standard InChI is InChI=1S/C15H16ClFN2/c1-10-3-2-4-12(7-10)19-15(9-18)11-5-6-13(16)14(17)8-11/h2-8,15,19H,9,18H2,1H3. The lowest BCUT2D eigenvalue weighted by atomic mass is 10.1. The molecular formula is C15H16ClFN2. The number of aryl methyl sites for hydroxylation is 1. The van der Waals surface area contributed by atoms with Crippen LogP contribution in [0.5, 0.6) is 0 Å². The van der Waals surface area contributed by atoms with Crippen LogP contribution in [0.3, 0.4) is 0 Å². The molecule has 3 N–H and O–H groups in total. The number of halogens is 2. The van der Waals surface area contributed by atoms with Crippen molar-refractivity contribution in [1.29, 1.82) is 0 Å². The van der Waals surface area contributed by atoms with Gasteiger partial charge in [-0.15, -0.1) is 0 Å². The Morgan fingerprint density at radius 1 is 1.26 bits per heavy atom. The fourth-order valence-corrected chi connectivity index (χ4v) is 2.06. The van der Waals surface area contributed by atoms with Gasteiger partial charge in [-0.3, -0.25) is 0 Å². The summed E-state index contributed by atoms with van der Waals surface area (Å²) in [6.45, 7) is 2.39. The van der Waals surface area contributed by atoms with Gasteiger partial charge in [0.1, 0.15) is 5.82 Å². The number of rotatable bonds is 4. The minimum atomic E-state index is -0.427. The van der Waals surface area contributed by atoms with E-state index < -0.39 is 5.82 Å². The lowest BCUT2D eigenvalue weighted by Crippen LogP contribution is -2.20. The first-order chi connectivity index (χ1) is 9.10. The maximum absolute atomic E-state index is 13.5. The average Bonchev–Trinajstić information content (AvgIpc) is 2.39. The van der Waals surface area contributed by atoms with E-state index in [1.807, 2.05) is 31.2 Å². The molecule has 0 aliphatic carbocycles. The second kappa shape index (κ2) is 6.04. The Hall–Kier alpha value is -1.58. The molecule has 0 fully saturated rings. The van der Waals surface area contributed by atoms with Crippen molar-refractivity contribution >= 4 is 17.3 Å². The van der Waals surface area contributed by atoms with E-state index in [9.17, 15) is 4.39 Å². The van der Waals surface area contributed by atoms with Crippen molar-refractivity contribution in [3.63, 3.8) is 0 Å². The van der Waals surface area contributed by atoms with Crippen LogP contribution in [0.2, 0.25) is 5.02 Å². The number of benzene rings is 2. The first-order valence-electron chi connectivity index (χ1n) is 6.08. The Morgan fingerprint density at radius 3 is 2.68 bits per heavy atom. The molecule has 19 heavy (non-hydrogen) atoms. The predicted octanol–water partition coefficient (Wildman–Crippen LogP) is 3.90. The van der Waals surface area contributed by atoms with E-state index in [-0.39, 0.29) is 11.1 Å². The second-order valence-corrected chi connectivity index (χ2v) is 4.88. The fourth-order valence-electron chi connectivity index (χ4n) is 1.94. The van der Waals surface area contributed by atoms with E-state index in [1.165, 1.54) is 6.07 Å². The van der Waals surface area contributed by atoms with E-state index in [4.69, 9.17) is 17.3 Å².